The number of aliphatic hydroxyl groups is 1. The molecule has 0 unspecified atom stereocenters. The molecule has 0 aliphatic heterocycles. The maximum atomic E-state index is 14.6. The number of amides is 4. The Hall–Kier alpha value is -7.19. The van der Waals surface area contributed by atoms with Crippen LogP contribution in [0, 0.1) is 11.8 Å². The molecule has 0 aliphatic rings. The number of carbonyl (C=O) groups excluding carboxylic acids is 4. The van der Waals surface area contributed by atoms with Gasteiger partial charge in [0.1, 0.15) is 23.8 Å². The smallest absolute Gasteiger partial charge is 0.326 e. The number of rotatable bonds is 26. The highest BCUT2D eigenvalue weighted by molar-refractivity contribution is 8.00. The fraction of sp³-hybridized carbons (Fsp3) is 0.274. The Morgan fingerprint density at radius 1 is 0.533 bits per heavy atom. The molecule has 6 rings (SSSR count). The number of allylic oxidation sites excluding steroid dienone is 2. The molecule has 0 radical (unpaired) electrons. The van der Waals surface area contributed by atoms with Gasteiger partial charge in [0.15, 0.2) is 0 Å². The number of nitrogens with one attached hydrogen (secondary N) is 4. The molecule has 390 valence electrons. The third-order valence-corrected chi connectivity index (χ3v) is 16.0. The van der Waals surface area contributed by atoms with Crippen LogP contribution >= 0.6 is 23.5 Å². The molecule has 0 fully saturated rings. The van der Waals surface area contributed by atoms with Gasteiger partial charge in [-0.2, -0.15) is 0 Å². The summed E-state index contributed by atoms with van der Waals surface area (Å²) in [6, 6.07) is 57.0. The van der Waals surface area contributed by atoms with Crippen molar-refractivity contribution in [3.8, 4) is 0 Å². The summed E-state index contributed by atoms with van der Waals surface area (Å²) in [5.41, 5.74) is 5.98. The van der Waals surface area contributed by atoms with Crippen molar-refractivity contribution in [3.05, 3.63) is 239 Å². The van der Waals surface area contributed by atoms with Crippen molar-refractivity contribution in [2.75, 3.05) is 11.5 Å². The SMILES string of the molecule is C/C=C(\NC(=O)[C@@H](CSC(c1ccccc1)(c1ccccc1)c1ccccc1)NC(=O)[C@H](NC(=O)C[C@@H](O)/C=C/CCSC(c1ccccc1)(c1ccccc1)c1ccccc1)C(C)C)C(=O)N[C@H](C(=O)O)C(C)C. The van der Waals surface area contributed by atoms with Crippen LogP contribution in [0.15, 0.2) is 206 Å². The van der Waals surface area contributed by atoms with E-state index < -0.39 is 75.2 Å². The Bertz CT molecular complexity index is 2640. The third-order valence-electron chi connectivity index (χ3n) is 12.8. The normalized spacial score (nSPS) is 13.6. The summed E-state index contributed by atoms with van der Waals surface area (Å²) in [5.74, 6) is -4.23. The number of thioether (sulfide) groups is 2. The first-order valence-electron chi connectivity index (χ1n) is 25.3. The van der Waals surface area contributed by atoms with Crippen molar-refractivity contribution in [1.82, 2.24) is 21.3 Å². The Morgan fingerprint density at radius 3 is 1.28 bits per heavy atom. The van der Waals surface area contributed by atoms with Gasteiger partial charge in [-0.25, -0.2) is 4.79 Å². The molecule has 0 aromatic heterocycles. The van der Waals surface area contributed by atoms with Crippen molar-refractivity contribution >= 4 is 53.1 Å². The topological polar surface area (TPSA) is 174 Å². The van der Waals surface area contributed by atoms with Gasteiger partial charge in [-0.1, -0.05) is 228 Å². The van der Waals surface area contributed by atoms with E-state index in [0.29, 0.717) is 12.2 Å². The van der Waals surface area contributed by atoms with Crippen molar-refractivity contribution in [3.63, 3.8) is 0 Å². The third kappa shape index (κ3) is 14.8. The molecule has 0 aliphatic carbocycles. The molecule has 0 saturated carbocycles. The van der Waals surface area contributed by atoms with Crippen molar-refractivity contribution in [1.29, 1.82) is 0 Å². The molecule has 11 nitrogen and oxygen atoms in total. The molecule has 0 bridgehead atoms. The van der Waals surface area contributed by atoms with E-state index in [-0.39, 0.29) is 17.9 Å². The predicted molar refractivity (Wildman–Crippen MR) is 303 cm³/mol. The zero-order valence-electron chi connectivity index (χ0n) is 43.1. The maximum Gasteiger partial charge on any atom is 0.326 e. The average molecular weight is 1050 g/mol. The highest BCUT2D eigenvalue weighted by Crippen LogP contribution is 2.50. The first kappa shape index (κ1) is 57.1. The Balaban J connectivity index is 1.20. The number of carbonyl (C=O) groups is 5. The van der Waals surface area contributed by atoms with Gasteiger partial charge in [-0.3, -0.25) is 19.2 Å². The first-order valence-corrected chi connectivity index (χ1v) is 27.2. The van der Waals surface area contributed by atoms with Crippen LogP contribution < -0.4 is 21.3 Å². The van der Waals surface area contributed by atoms with Gasteiger partial charge in [0.05, 0.1) is 22.0 Å². The summed E-state index contributed by atoms with van der Waals surface area (Å²) >= 11 is 3.21. The molecule has 0 saturated heterocycles. The van der Waals surface area contributed by atoms with E-state index in [9.17, 15) is 34.2 Å². The van der Waals surface area contributed by atoms with E-state index in [0.717, 1.165) is 33.4 Å². The summed E-state index contributed by atoms with van der Waals surface area (Å²) in [5, 5.41) is 31.8. The van der Waals surface area contributed by atoms with Crippen LogP contribution in [0.25, 0.3) is 0 Å². The molecular weight excluding hydrogens is 977 g/mol. The number of benzene rings is 6. The molecule has 75 heavy (non-hydrogen) atoms. The van der Waals surface area contributed by atoms with Crippen LogP contribution in [0.3, 0.4) is 0 Å². The van der Waals surface area contributed by atoms with Gasteiger partial charge in [0.2, 0.25) is 17.7 Å². The van der Waals surface area contributed by atoms with Gasteiger partial charge in [-0.05, 0) is 64.3 Å². The van der Waals surface area contributed by atoms with Gasteiger partial charge in [-0.15, -0.1) is 23.5 Å². The van der Waals surface area contributed by atoms with Crippen LogP contribution in [0.1, 0.15) is 80.8 Å². The minimum Gasteiger partial charge on any atom is -0.480 e. The van der Waals surface area contributed by atoms with Crippen molar-refractivity contribution < 1.29 is 34.2 Å². The fourth-order valence-corrected chi connectivity index (χ4v) is 12.0. The molecule has 0 spiro atoms. The molecule has 0 heterocycles. The number of aliphatic carboxylic acids is 1. The quantitative estimate of drug-likeness (QED) is 0.0134. The molecule has 13 heteroatoms. The summed E-state index contributed by atoms with van der Waals surface area (Å²) in [6.45, 7) is 8.39. The number of hydrogen-bond acceptors (Lipinski definition) is 8. The number of hydrogen-bond donors (Lipinski definition) is 6. The summed E-state index contributed by atoms with van der Waals surface area (Å²) < 4.78 is -1.40. The second-order valence-electron chi connectivity index (χ2n) is 18.8. The van der Waals surface area contributed by atoms with E-state index in [4.69, 9.17) is 0 Å². The minimum absolute atomic E-state index is 0.0255. The molecule has 6 aromatic carbocycles. The molecule has 6 N–H and O–H groups in total. The van der Waals surface area contributed by atoms with Crippen LogP contribution in [0.5, 0.6) is 0 Å². The van der Waals surface area contributed by atoms with Crippen LogP contribution in [-0.2, 0) is 33.5 Å². The van der Waals surface area contributed by atoms with Crippen LogP contribution in [-0.4, -0.2) is 75.5 Å². The monoisotopic (exact) mass is 1040 g/mol. The van der Waals surface area contributed by atoms with Gasteiger partial charge >= 0.3 is 5.97 Å². The Labute approximate surface area is 450 Å². The second-order valence-corrected chi connectivity index (χ2v) is 21.3. The minimum atomic E-state index is -1.30. The number of carboxylic acids is 1. The van der Waals surface area contributed by atoms with Crippen molar-refractivity contribution in [2.45, 2.75) is 81.2 Å². The maximum absolute atomic E-state index is 14.6. The van der Waals surface area contributed by atoms with E-state index in [1.165, 1.54) is 24.8 Å². The van der Waals surface area contributed by atoms with E-state index in [1.54, 1.807) is 45.5 Å². The second kappa shape index (κ2) is 27.9. The van der Waals surface area contributed by atoms with Gasteiger partial charge in [0, 0.05) is 5.75 Å². The van der Waals surface area contributed by atoms with Gasteiger partial charge in [0.25, 0.3) is 5.91 Å². The zero-order valence-corrected chi connectivity index (χ0v) is 44.7. The largest absolute Gasteiger partial charge is 0.480 e. The van der Waals surface area contributed by atoms with E-state index >= 15 is 0 Å². The molecular formula is C62H68N4O7S2. The first-order chi connectivity index (χ1) is 36.2. The molecule has 6 aromatic rings. The van der Waals surface area contributed by atoms with Crippen molar-refractivity contribution in [2.24, 2.45) is 11.8 Å². The lowest BCUT2D eigenvalue weighted by molar-refractivity contribution is -0.142. The fourth-order valence-electron chi connectivity index (χ4n) is 8.96. The standard InChI is InChI=1S/C62H68N4O7S2/c1-6-52(57(69)66-56(44(4)5)60(72)73)63-58(70)53(42-75-62(48-33-19-10-20-34-48,49-35-21-11-22-36-49)50-37-23-12-24-38-50)64-59(71)55(43(2)3)65-54(68)41-51(67)39-25-26-40-74-61(45-27-13-7-14-28-45,46-29-15-8-16-30-46)47-31-17-9-18-32-47/h6-25,27-39,43-44,51,53,55-56,67H,26,40-42H2,1-5H3,(H,63,70)(H,64,71)(H,65,68)(H,66,69)(H,72,73)/b39-25+,52-6-/t51-,53+,55+,56-/m0/s1. The highest BCUT2D eigenvalue weighted by Gasteiger charge is 2.40. The zero-order chi connectivity index (χ0) is 53.8. The summed E-state index contributed by atoms with van der Waals surface area (Å²) in [6.07, 6.45) is 3.98. The average Bonchev–Trinajstić information content (AvgIpc) is 3.43. The Morgan fingerprint density at radius 2 is 0.920 bits per heavy atom. The summed E-state index contributed by atoms with van der Waals surface area (Å²) in [4.78, 5) is 68.4. The number of aliphatic hydroxyl groups excluding tert-OH is 1. The lowest BCUT2D eigenvalue weighted by atomic mass is 9.84. The van der Waals surface area contributed by atoms with Crippen LogP contribution in [0.4, 0.5) is 0 Å². The summed E-state index contributed by atoms with van der Waals surface area (Å²) in [7, 11) is 0. The predicted octanol–water partition coefficient (Wildman–Crippen LogP) is 10.0. The molecule has 4 atom stereocenters. The Kier molecular flexibility index (Phi) is 21.3. The lowest BCUT2D eigenvalue weighted by Crippen LogP contribution is -2.57. The lowest BCUT2D eigenvalue weighted by Gasteiger charge is -2.36. The number of carboxylic acid groups (broad SMARTS) is 1. The van der Waals surface area contributed by atoms with E-state index in [1.807, 2.05) is 152 Å². The highest BCUT2D eigenvalue weighted by atomic mass is 32.2. The van der Waals surface area contributed by atoms with Crippen LogP contribution in [0.2, 0.25) is 0 Å². The molecule has 4 amide bonds. The van der Waals surface area contributed by atoms with Gasteiger partial charge < -0.3 is 31.5 Å². The van der Waals surface area contributed by atoms with E-state index in [2.05, 4.69) is 57.7 Å².